The smallest absolute Gasteiger partial charge is 0.269 e. The van der Waals surface area contributed by atoms with E-state index >= 15 is 0 Å². The van der Waals surface area contributed by atoms with Crippen molar-refractivity contribution in [3.05, 3.63) is 34.4 Å². The number of hydrogen-bond donors (Lipinski definition) is 0. The molecule has 0 spiro atoms. The number of nitro groups is 1. The van der Waals surface area contributed by atoms with Gasteiger partial charge in [-0.2, -0.15) is 0 Å². The maximum Gasteiger partial charge on any atom is 0.269 e. The summed E-state index contributed by atoms with van der Waals surface area (Å²) in [5, 5.41) is 10.4. The molecule has 1 aliphatic heterocycles. The number of amides is 2. The summed E-state index contributed by atoms with van der Waals surface area (Å²) in [5.41, 5.74) is -0.0457. The lowest BCUT2D eigenvalue weighted by Crippen LogP contribution is -2.32. The maximum absolute atomic E-state index is 11.3. The topological polar surface area (TPSA) is 89.8 Å². The number of imide groups is 1. The number of likely N-dealkylation sites (tertiary alicyclic amines) is 1. The van der Waals surface area contributed by atoms with Gasteiger partial charge in [0.15, 0.2) is 6.73 Å². The van der Waals surface area contributed by atoms with Crippen LogP contribution in [0.3, 0.4) is 0 Å². The zero-order valence-corrected chi connectivity index (χ0v) is 9.37. The molecule has 7 nitrogen and oxygen atoms in total. The maximum atomic E-state index is 11.3. The predicted octanol–water partition coefficient (Wildman–Crippen LogP) is 1.08. The van der Waals surface area contributed by atoms with Crippen molar-refractivity contribution in [1.82, 2.24) is 4.90 Å². The highest BCUT2D eigenvalue weighted by atomic mass is 16.6. The summed E-state index contributed by atoms with van der Waals surface area (Å²) < 4.78 is 5.23. The second-order valence-corrected chi connectivity index (χ2v) is 3.74. The molecule has 0 aromatic heterocycles. The minimum absolute atomic E-state index is 0.0457. The number of rotatable bonds is 4. The number of ether oxygens (including phenoxy) is 1. The van der Waals surface area contributed by atoms with Gasteiger partial charge in [0.25, 0.3) is 5.69 Å². The van der Waals surface area contributed by atoms with Crippen LogP contribution < -0.4 is 4.74 Å². The number of nitrogens with zero attached hydrogens (tertiary/aromatic N) is 2. The number of benzene rings is 1. The Bertz CT molecular complexity index is 481. The zero-order chi connectivity index (χ0) is 13.1. The molecule has 0 N–H and O–H groups in total. The molecule has 0 aliphatic carbocycles. The predicted molar refractivity (Wildman–Crippen MR) is 59.7 cm³/mol. The number of carbonyl (C=O) groups is 2. The molecule has 2 amide bonds. The highest BCUT2D eigenvalue weighted by molar-refractivity contribution is 6.01. The van der Waals surface area contributed by atoms with Crippen molar-refractivity contribution in [2.75, 3.05) is 6.73 Å². The van der Waals surface area contributed by atoms with Gasteiger partial charge >= 0.3 is 0 Å². The van der Waals surface area contributed by atoms with Crippen LogP contribution >= 0.6 is 0 Å². The largest absolute Gasteiger partial charge is 0.473 e. The van der Waals surface area contributed by atoms with Gasteiger partial charge in [-0.05, 0) is 12.1 Å². The van der Waals surface area contributed by atoms with Gasteiger partial charge in [-0.1, -0.05) is 0 Å². The summed E-state index contributed by atoms with van der Waals surface area (Å²) in [6.45, 7) is -0.157. The molecule has 0 bridgehead atoms. The number of carbonyl (C=O) groups excluding carboxylic acids is 2. The van der Waals surface area contributed by atoms with E-state index in [0.29, 0.717) is 5.75 Å². The Hall–Kier alpha value is -2.44. The first-order valence-electron chi connectivity index (χ1n) is 5.28. The SMILES string of the molecule is O=C1CCC(=O)N1COc1ccc([N+](=O)[O-])cc1. The molecule has 1 aliphatic rings. The molecular weight excluding hydrogens is 240 g/mol. The number of hydrogen-bond acceptors (Lipinski definition) is 5. The van der Waals surface area contributed by atoms with Crippen molar-refractivity contribution in [3.8, 4) is 5.75 Å². The molecule has 0 atom stereocenters. The van der Waals surface area contributed by atoms with Crippen molar-refractivity contribution >= 4 is 17.5 Å². The highest BCUT2D eigenvalue weighted by Gasteiger charge is 2.29. The van der Waals surface area contributed by atoms with Crippen molar-refractivity contribution in [2.45, 2.75) is 12.8 Å². The molecule has 1 aromatic rings. The quantitative estimate of drug-likeness (QED) is 0.453. The summed E-state index contributed by atoms with van der Waals surface area (Å²) in [5.74, 6) is -0.156. The van der Waals surface area contributed by atoms with E-state index in [-0.39, 0.29) is 37.1 Å². The molecule has 7 heteroatoms. The lowest BCUT2D eigenvalue weighted by Gasteiger charge is -2.14. The van der Waals surface area contributed by atoms with Crippen LogP contribution in [-0.2, 0) is 9.59 Å². The highest BCUT2D eigenvalue weighted by Crippen LogP contribution is 2.18. The molecule has 0 unspecified atom stereocenters. The first-order valence-corrected chi connectivity index (χ1v) is 5.28. The van der Waals surface area contributed by atoms with Crippen molar-refractivity contribution in [1.29, 1.82) is 0 Å². The normalized spacial score (nSPS) is 15.0. The van der Waals surface area contributed by atoms with Gasteiger partial charge in [0, 0.05) is 25.0 Å². The second-order valence-electron chi connectivity index (χ2n) is 3.74. The fraction of sp³-hybridized carbons (Fsp3) is 0.273. The summed E-state index contributed by atoms with van der Waals surface area (Å²) in [7, 11) is 0. The molecule has 18 heavy (non-hydrogen) atoms. The average Bonchev–Trinajstić information content (AvgIpc) is 2.67. The lowest BCUT2D eigenvalue weighted by atomic mass is 10.3. The molecule has 1 aromatic carbocycles. The Morgan fingerprint density at radius 1 is 1.17 bits per heavy atom. The van der Waals surface area contributed by atoms with E-state index in [4.69, 9.17) is 4.74 Å². The fourth-order valence-electron chi connectivity index (χ4n) is 1.57. The van der Waals surface area contributed by atoms with Gasteiger partial charge in [0.05, 0.1) is 4.92 Å². The summed E-state index contributed by atoms with van der Waals surface area (Å²) in [4.78, 5) is 33.5. The van der Waals surface area contributed by atoms with Crippen LogP contribution in [-0.4, -0.2) is 28.4 Å². The van der Waals surface area contributed by atoms with E-state index in [1.165, 1.54) is 24.3 Å². The third kappa shape index (κ3) is 2.45. The van der Waals surface area contributed by atoms with Crippen molar-refractivity contribution < 1.29 is 19.2 Å². The lowest BCUT2D eigenvalue weighted by molar-refractivity contribution is -0.384. The van der Waals surface area contributed by atoms with E-state index in [9.17, 15) is 19.7 Å². The molecule has 1 heterocycles. The van der Waals surface area contributed by atoms with E-state index in [1.54, 1.807) is 0 Å². The number of nitro benzene ring substituents is 1. The van der Waals surface area contributed by atoms with E-state index in [1.807, 2.05) is 0 Å². The van der Waals surface area contributed by atoms with Gasteiger partial charge in [0.2, 0.25) is 11.8 Å². The summed E-state index contributed by atoms with van der Waals surface area (Å²) >= 11 is 0. The first-order chi connectivity index (χ1) is 8.58. The number of non-ortho nitro benzene ring substituents is 1. The average molecular weight is 250 g/mol. The van der Waals surface area contributed by atoms with Gasteiger partial charge in [-0.15, -0.1) is 0 Å². The third-order valence-electron chi connectivity index (χ3n) is 2.56. The Morgan fingerprint density at radius 2 is 1.72 bits per heavy atom. The Kier molecular flexibility index (Phi) is 3.22. The van der Waals surface area contributed by atoms with Crippen LogP contribution in [0.1, 0.15) is 12.8 Å². The Labute approximate surface area is 102 Å². The van der Waals surface area contributed by atoms with Crippen LogP contribution in [0.4, 0.5) is 5.69 Å². The van der Waals surface area contributed by atoms with Crippen LogP contribution in [0.15, 0.2) is 24.3 Å². The van der Waals surface area contributed by atoms with Crippen LogP contribution in [0.2, 0.25) is 0 Å². The third-order valence-corrected chi connectivity index (χ3v) is 2.56. The minimum Gasteiger partial charge on any atom is -0.473 e. The summed E-state index contributed by atoms with van der Waals surface area (Å²) in [6, 6.07) is 5.43. The molecule has 0 saturated carbocycles. The van der Waals surface area contributed by atoms with Crippen molar-refractivity contribution in [2.24, 2.45) is 0 Å². The first kappa shape index (κ1) is 12.0. The van der Waals surface area contributed by atoms with Crippen LogP contribution in [0, 0.1) is 10.1 Å². The van der Waals surface area contributed by atoms with Gasteiger partial charge < -0.3 is 4.74 Å². The molecular formula is C11H10N2O5. The molecule has 1 saturated heterocycles. The molecule has 2 rings (SSSR count). The second kappa shape index (κ2) is 4.82. The van der Waals surface area contributed by atoms with Gasteiger partial charge in [-0.3, -0.25) is 19.7 Å². The Balaban J connectivity index is 1.96. The minimum atomic E-state index is -0.517. The monoisotopic (exact) mass is 250 g/mol. The molecule has 0 radical (unpaired) electrons. The summed E-state index contributed by atoms with van der Waals surface area (Å²) in [6.07, 6.45) is 0.422. The molecule has 94 valence electrons. The van der Waals surface area contributed by atoms with E-state index in [0.717, 1.165) is 4.90 Å². The van der Waals surface area contributed by atoms with Gasteiger partial charge in [0.1, 0.15) is 5.75 Å². The van der Waals surface area contributed by atoms with E-state index in [2.05, 4.69) is 0 Å². The van der Waals surface area contributed by atoms with Crippen LogP contribution in [0.25, 0.3) is 0 Å². The fourth-order valence-corrected chi connectivity index (χ4v) is 1.57. The molecule has 1 fully saturated rings. The van der Waals surface area contributed by atoms with Crippen LogP contribution in [0.5, 0.6) is 5.75 Å². The standard InChI is InChI=1S/C11H10N2O5/c14-10-5-6-11(15)12(10)7-18-9-3-1-8(2-4-9)13(16)17/h1-4H,5-7H2. The van der Waals surface area contributed by atoms with Crippen molar-refractivity contribution in [3.63, 3.8) is 0 Å². The van der Waals surface area contributed by atoms with Gasteiger partial charge in [-0.25, -0.2) is 4.90 Å². The Morgan fingerprint density at radius 3 is 2.22 bits per heavy atom. The zero-order valence-electron chi connectivity index (χ0n) is 9.37. The van der Waals surface area contributed by atoms with E-state index < -0.39 is 4.92 Å².